The molecule has 2 aromatic heterocycles. The van der Waals surface area contributed by atoms with E-state index in [2.05, 4.69) is 15.3 Å². The fourth-order valence-electron chi connectivity index (χ4n) is 2.59. The lowest BCUT2D eigenvalue weighted by molar-refractivity contribution is -0.122. The molecule has 3 rings (SSSR count). The summed E-state index contributed by atoms with van der Waals surface area (Å²) in [5, 5.41) is 15.2. The summed E-state index contributed by atoms with van der Waals surface area (Å²) in [5.41, 5.74) is 0. The summed E-state index contributed by atoms with van der Waals surface area (Å²) in [5.74, 6) is 0.712. The zero-order chi connectivity index (χ0) is 15.4. The molecular formula is C15H18N4O2S. The number of amides is 1. The molecule has 1 fully saturated rings. The van der Waals surface area contributed by atoms with Crippen molar-refractivity contribution in [2.75, 3.05) is 18.0 Å². The Bertz CT molecular complexity index is 605. The Morgan fingerprint density at radius 1 is 1.50 bits per heavy atom. The first kappa shape index (κ1) is 14.9. The van der Waals surface area contributed by atoms with Crippen LogP contribution in [0.4, 0.5) is 5.82 Å². The summed E-state index contributed by atoms with van der Waals surface area (Å²) in [7, 11) is 0. The Labute approximate surface area is 132 Å². The number of β-amino-alcohol motifs (C(OH)–C–C–N with tert-alkyl or cyclic N) is 1. The highest BCUT2D eigenvalue weighted by Gasteiger charge is 2.29. The van der Waals surface area contributed by atoms with Gasteiger partial charge in [-0.25, -0.2) is 4.98 Å². The molecule has 6 nitrogen and oxygen atoms in total. The van der Waals surface area contributed by atoms with Crippen molar-refractivity contribution in [2.24, 2.45) is 0 Å². The molecule has 1 aliphatic heterocycles. The average Bonchev–Trinajstić information content (AvgIpc) is 3.03. The lowest BCUT2D eigenvalue weighted by Crippen LogP contribution is -2.54. The second-order valence-electron chi connectivity index (χ2n) is 5.30. The fraction of sp³-hybridized carbons (Fsp3) is 0.400. The van der Waals surface area contributed by atoms with Crippen LogP contribution in [-0.4, -0.2) is 46.2 Å². The molecule has 0 unspecified atom stereocenters. The molecule has 3 heterocycles. The molecule has 2 aromatic rings. The minimum Gasteiger partial charge on any atom is -0.389 e. The number of hydrogen-bond acceptors (Lipinski definition) is 6. The van der Waals surface area contributed by atoms with Gasteiger partial charge >= 0.3 is 0 Å². The first-order chi connectivity index (χ1) is 10.7. The maximum Gasteiger partial charge on any atom is 0.225 e. The second-order valence-corrected chi connectivity index (χ2v) is 6.33. The van der Waals surface area contributed by atoms with Gasteiger partial charge in [-0.2, -0.15) is 0 Å². The van der Waals surface area contributed by atoms with Crippen molar-refractivity contribution in [3.05, 3.63) is 41.0 Å². The standard InChI is InChI=1S/C15H18N4O2S/c20-13-10-19(14-9-16-4-5-17-14)6-3-12(13)18-15(21)8-11-2-1-7-22-11/h1-2,4-5,7,9,12-13,20H,3,6,8,10H2,(H,18,21)/t12-,13-/m1/s1. The highest BCUT2D eigenvalue weighted by atomic mass is 32.1. The van der Waals surface area contributed by atoms with Crippen LogP contribution in [0.3, 0.4) is 0 Å². The van der Waals surface area contributed by atoms with Crippen LogP contribution in [0, 0.1) is 0 Å². The number of nitrogens with zero attached hydrogens (tertiary/aromatic N) is 3. The van der Waals surface area contributed by atoms with Gasteiger partial charge in [0, 0.05) is 30.4 Å². The summed E-state index contributed by atoms with van der Waals surface area (Å²) in [4.78, 5) is 23.3. The van der Waals surface area contributed by atoms with Gasteiger partial charge < -0.3 is 15.3 Å². The number of thiophene rings is 1. The van der Waals surface area contributed by atoms with E-state index in [0.29, 0.717) is 19.4 Å². The number of hydrogen-bond donors (Lipinski definition) is 2. The molecule has 2 N–H and O–H groups in total. The average molecular weight is 318 g/mol. The summed E-state index contributed by atoms with van der Waals surface area (Å²) >= 11 is 1.56. The molecule has 0 bridgehead atoms. The van der Waals surface area contributed by atoms with Crippen molar-refractivity contribution < 1.29 is 9.90 Å². The molecule has 116 valence electrons. The molecule has 0 saturated carbocycles. The summed E-state index contributed by atoms with van der Waals surface area (Å²) in [6.07, 6.45) is 5.39. The molecule has 1 saturated heterocycles. The Hall–Kier alpha value is -1.99. The number of aliphatic hydroxyl groups excluding tert-OH is 1. The van der Waals surface area contributed by atoms with Crippen LogP contribution in [-0.2, 0) is 11.2 Å². The van der Waals surface area contributed by atoms with Crippen LogP contribution in [0.25, 0.3) is 0 Å². The third kappa shape index (κ3) is 3.61. The first-order valence-corrected chi connectivity index (χ1v) is 8.11. The number of nitrogens with one attached hydrogen (secondary N) is 1. The number of aromatic nitrogens is 2. The van der Waals surface area contributed by atoms with E-state index in [4.69, 9.17) is 0 Å². The van der Waals surface area contributed by atoms with Gasteiger partial charge in [-0.05, 0) is 17.9 Å². The molecule has 0 aliphatic carbocycles. The van der Waals surface area contributed by atoms with Gasteiger partial charge in [0.2, 0.25) is 5.91 Å². The third-order valence-electron chi connectivity index (χ3n) is 3.72. The molecule has 0 radical (unpaired) electrons. The summed E-state index contributed by atoms with van der Waals surface area (Å²) in [6.45, 7) is 1.18. The highest BCUT2D eigenvalue weighted by molar-refractivity contribution is 7.10. The number of rotatable bonds is 4. The van der Waals surface area contributed by atoms with Crippen molar-refractivity contribution >= 4 is 23.1 Å². The van der Waals surface area contributed by atoms with Gasteiger partial charge in [0.15, 0.2) is 0 Å². The largest absolute Gasteiger partial charge is 0.389 e. The molecule has 1 amide bonds. The fourth-order valence-corrected chi connectivity index (χ4v) is 3.30. The Balaban J connectivity index is 1.53. The van der Waals surface area contributed by atoms with E-state index < -0.39 is 6.10 Å². The number of carbonyl (C=O) groups excluding carboxylic acids is 1. The normalized spacial score (nSPS) is 21.6. The quantitative estimate of drug-likeness (QED) is 0.873. The third-order valence-corrected chi connectivity index (χ3v) is 4.59. The summed E-state index contributed by atoms with van der Waals surface area (Å²) in [6, 6.07) is 3.67. The lowest BCUT2D eigenvalue weighted by atomic mass is 10.0. The highest BCUT2D eigenvalue weighted by Crippen LogP contribution is 2.17. The molecule has 0 aromatic carbocycles. The second kappa shape index (κ2) is 6.85. The van der Waals surface area contributed by atoms with Crippen molar-refractivity contribution in [3.63, 3.8) is 0 Å². The number of anilines is 1. The zero-order valence-electron chi connectivity index (χ0n) is 12.1. The molecular weight excluding hydrogens is 300 g/mol. The van der Waals surface area contributed by atoms with E-state index in [1.807, 2.05) is 22.4 Å². The van der Waals surface area contributed by atoms with E-state index >= 15 is 0 Å². The molecule has 22 heavy (non-hydrogen) atoms. The van der Waals surface area contributed by atoms with E-state index in [1.165, 1.54) is 0 Å². The minimum absolute atomic E-state index is 0.0422. The van der Waals surface area contributed by atoms with Crippen LogP contribution < -0.4 is 10.2 Å². The van der Waals surface area contributed by atoms with Crippen LogP contribution in [0.1, 0.15) is 11.3 Å². The molecule has 0 spiro atoms. The van der Waals surface area contributed by atoms with Crippen molar-refractivity contribution in [1.29, 1.82) is 0 Å². The van der Waals surface area contributed by atoms with Crippen LogP contribution in [0.15, 0.2) is 36.1 Å². The van der Waals surface area contributed by atoms with E-state index in [9.17, 15) is 9.90 Å². The van der Waals surface area contributed by atoms with Gasteiger partial charge in [-0.15, -0.1) is 11.3 Å². The monoisotopic (exact) mass is 318 g/mol. The predicted molar refractivity (Wildman–Crippen MR) is 84.8 cm³/mol. The molecule has 7 heteroatoms. The summed E-state index contributed by atoms with van der Waals surface area (Å²) < 4.78 is 0. The first-order valence-electron chi connectivity index (χ1n) is 7.23. The maximum absolute atomic E-state index is 12.0. The van der Waals surface area contributed by atoms with Crippen LogP contribution >= 0.6 is 11.3 Å². The van der Waals surface area contributed by atoms with Crippen LogP contribution in [0.5, 0.6) is 0 Å². The van der Waals surface area contributed by atoms with E-state index in [1.54, 1.807) is 29.9 Å². The molecule has 2 atom stereocenters. The topological polar surface area (TPSA) is 78.4 Å². The van der Waals surface area contributed by atoms with Gasteiger partial charge in [0.1, 0.15) is 5.82 Å². The number of carbonyl (C=O) groups is 1. The van der Waals surface area contributed by atoms with Gasteiger partial charge in [-0.3, -0.25) is 9.78 Å². The number of piperidine rings is 1. The Kier molecular flexibility index (Phi) is 4.65. The van der Waals surface area contributed by atoms with Crippen LogP contribution in [0.2, 0.25) is 0 Å². The zero-order valence-corrected chi connectivity index (χ0v) is 12.9. The predicted octanol–water partition coefficient (Wildman–Crippen LogP) is 0.837. The van der Waals surface area contributed by atoms with E-state index in [0.717, 1.165) is 17.2 Å². The maximum atomic E-state index is 12.0. The smallest absolute Gasteiger partial charge is 0.225 e. The van der Waals surface area contributed by atoms with Crippen molar-refractivity contribution in [3.8, 4) is 0 Å². The van der Waals surface area contributed by atoms with E-state index in [-0.39, 0.29) is 11.9 Å². The van der Waals surface area contributed by atoms with Gasteiger partial charge in [0.25, 0.3) is 0 Å². The van der Waals surface area contributed by atoms with Crippen molar-refractivity contribution in [1.82, 2.24) is 15.3 Å². The van der Waals surface area contributed by atoms with Crippen molar-refractivity contribution in [2.45, 2.75) is 25.0 Å². The van der Waals surface area contributed by atoms with Gasteiger partial charge in [0.05, 0.1) is 24.8 Å². The SMILES string of the molecule is O=C(Cc1cccs1)N[C@@H]1CCN(c2cnccn2)C[C@H]1O. The lowest BCUT2D eigenvalue weighted by Gasteiger charge is -2.36. The number of aliphatic hydroxyl groups is 1. The van der Waals surface area contributed by atoms with Gasteiger partial charge in [-0.1, -0.05) is 6.07 Å². The molecule has 1 aliphatic rings. The minimum atomic E-state index is -0.608. The Morgan fingerprint density at radius 3 is 3.09 bits per heavy atom. The Morgan fingerprint density at radius 2 is 2.41 bits per heavy atom.